The van der Waals surface area contributed by atoms with Crippen molar-refractivity contribution in [1.29, 1.82) is 0 Å². The molecule has 44 heavy (non-hydrogen) atoms. The van der Waals surface area contributed by atoms with Gasteiger partial charge in [0.05, 0.1) is 0 Å². The van der Waals surface area contributed by atoms with E-state index in [2.05, 4.69) is 16.6 Å². The first-order chi connectivity index (χ1) is 20.5. The first-order valence-electron chi connectivity index (χ1n) is 14.9. The molecule has 0 aliphatic heterocycles. The molecule has 0 bridgehead atoms. The molecule has 9 nitrogen and oxygen atoms in total. The number of terminal acetylenes is 1. The molecule has 0 aromatic heterocycles. The van der Waals surface area contributed by atoms with E-state index in [9.17, 15) is 19.2 Å². The zero-order chi connectivity index (χ0) is 33.2. The Morgan fingerprint density at radius 1 is 0.864 bits per heavy atom. The van der Waals surface area contributed by atoms with Crippen LogP contribution in [0.15, 0.2) is 54.6 Å². The summed E-state index contributed by atoms with van der Waals surface area (Å²) >= 11 is 0. The predicted molar refractivity (Wildman–Crippen MR) is 170 cm³/mol. The monoisotopic (exact) mass is 605 g/mol. The quantitative estimate of drug-likeness (QED) is 0.265. The lowest BCUT2D eigenvalue weighted by atomic mass is 9.95. The minimum absolute atomic E-state index is 0.166. The van der Waals surface area contributed by atoms with E-state index in [4.69, 9.17) is 15.9 Å². The van der Waals surface area contributed by atoms with E-state index in [0.29, 0.717) is 17.5 Å². The van der Waals surface area contributed by atoms with Crippen LogP contribution >= 0.6 is 0 Å². The largest absolute Gasteiger partial charge is 0.458 e. The molecule has 0 aliphatic rings. The van der Waals surface area contributed by atoms with Crippen LogP contribution in [-0.2, 0) is 30.3 Å². The van der Waals surface area contributed by atoms with Crippen molar-refractivity contribution < 1.29 is 28.7 Å². The minimum atomic E-state index is -1.23. The van der Waals surface area contributed by atoms with Crippen molar-refractivity contribution >= 4 is 23.9 Å². The fraction of sp³-hybridized carbons (Fsp3) is 0.486. The summed E-state index contributed by atoms with van der Waals surface area (Å²) in [7, 11) is 0. The van der Waals surface area contributed by atoms with Crippen LogP contribution in [0.2, 0.25) is 0 Å². The lowest BCUT2D eigenvalue weighted by molar-refractivity contribution is -0.159. The van der Waals surface area contributed by atoms with E-state index in [1.807, 2.05) is 44.2 Å². The van der Waals surface area contributed by atoms with Gasteiger partial charge in [0, 0.05) is 18.0 Å². The Kier molecular flexibility index (Phi) is 12.6. The molecule has 0 fully saturated rings. The number of hydrogen-bond acceptors (Lipinski definition) is 6. The number of ether oxygens (including phenoxy) is 2. The Morgan fingerprint density at radius 2 is 1.43 bits per heavy atom. The smallest absolute Gasteiger partial charge is 0.408 e. The summed E-state index contributed by atoms with van der Waals surface area (Å²) < 4.78 is 11.0. The van der Waals surface area contributed by atoms with Gasteiger partial charge in [-0.2, -0.15) is 0 Å². The number of nitrogens with zero attached hydrogens (tertiary/aromatic N) is 1. The third-order valence-corrected chi connectivity index (χ3v) is 6.65. The molecule has 4 atom stereocenters. The van der Waals surface area contributed by atoms with Crippen LogP contribution in [0.4, 0.5) is 4.79 Å². The third kappa shape index (κ3) is 10.7. The van der Waals surface area contributed by atoms with Crippen molar-refractivity contribution in [3.63, 3.8) is 0 Å². The van der Waals surface area contributed by atoms with Crippen molar-refractivity contribution in [3.8, 4) is 12.3 Å². The Morgan fingerprint density at radius 3 is 1.98 bits per heavy atom. The van der Waals surface area contributed by atoms with Gasteiger partial charge < -0.3 is 25.0 Å². The van der Waals surface area contributed by atoms with Crippen LogP contribution in [0.3, 0.4) is 0 Å². The molecule has 0 radical (unpaired) electrons. The number of alkyl carbamates (subject to hydrolysis) is 1. The predicted octanol–water partition coefficient (Wildman–Crippen LogP) is 5.32. The molecule has 0 heterocycles. The topological polar surface area (TPSA) is 114 Å². The van der Waals surface area contributed by atoms with Crippen LogP contribution in [-0.4, -0.2) is 58.1 Å². The molecule has 2 N–H and O–H groups in total. The molecule has 9 heteroatoms. The first kappa shape index (κ1) is 35.9. The first-order valence-corrected chi connectivity index (χ1v) is 14.9. The maximum Gasteiger partial charge on any atom is 0.408 e. The average molecular weight is 606 g/mol. The number of benzene rings is 2. The fourth-order valence-electron chi connectivity index (χ4n) is 4.52. The number of hydrogen-bond donors (Lipinski definition) is 2. The Hall–Kier alpha value is -4.32. The van der Waals surface area contributed by atoms with Crippen molar-refractivity contribution in [2.75, 3.05) is 0 Å². The number of rotatable bonds is 11. The van der Waals surface area contributed by atoms with E-state index < -0.39 is 59.2 Å². The van der Waals surface area contributed by atoms with Gasteiger partial charge in [0.25, 0.3) is 0 Å². The maximum absolute atomic E-state index is 14.4. The summed E-state index contributed by atoms with van der Waals surface area (Å²) in [5.41, 5.74) is 0.0708. The van der Waals surface area contributed by atoms with Crippen LogP contribution in [0.1, 0.15) is 91.5 Å². The van der Waals surface area contributed by atoms with Crippen molar-refractivity contribution in [1.82, 2.24) is 15.5 Å². The Bertz CT molecular complexity index is 1340. The van der Waals surface area contributed by atoms with Gasteiger partial charge in [0.1, 0.15) is 29.3 Å². The van der Waals surface area contributed by atoms with Gasteiger partial charge in [0.15, 0.2) is 0 Å². The Labute approximate surface area is 262 Å². The molecule has 4 unspecified atom stereocenters. The van der Waals surface area contributed by atoms with Gasteiger partial charge in [0.2, 0.25) is 11.8 Å². The van der Waals surface area contributed by atoms with Crippen molar-refractivity contribution in [2.45, 2.75) is 111 Å². The SMILES string of the molecule is C#Cc1ccccc1C(C(=O)NC(Cc1ccccc1)C(=O)OC(C)(C)C)N(C(=O)C(C)NC(=O)OC(C)(C)C)C(C)CC. The zero-order valence-corrected chi connectivity index (χ0v) is 27.4. The second kappa shape index (κ2) is 15.4. The highest BCUT2D eigenvalue weighted by Gasteiger charge is 2.40. The van der Waals surface area contributed by atoms with Crippen molar-refractivity contribution in [3.05, 3.63) is 71.3 Å². The number of carbonyl (C=O) groups excluding carboxylic acids is 4. The molecule has 2 aromatic carbocycles. The van der Waals surface area contributed by atoms with Gasteiger partial charge in [-0.25, -0.2) is 9.59 Å². The zero-order valence-electron chi connectivity index (χ0n) is 27.4. The van der Waals surface area contributed by atoms with Crippen LogP contribution < -0.4 is 10.6 Å². The standard InChI is InChI=1S/C35H47N3O6/c1-11-23(3)38(31(40)24(4)36-33(42)44-35(8,9)10)29(27-21-17-16-20-26(27)12-2)30(39)37-28(32(41)43-34(5,6)7)22-25-18-14-13-15-19-25/h2,13-21,23-24,28-29H,11,22H2,1,3-10H3,(H,36,42)(H,37,39). The molecule has 0 saturated carbocycles. The molecule has 2 rings (SSSR count). The van der Waals surface area contributed by atoms with Crippen LogP contribution in [0.5, 0.6) is 0 Å². The normalized spacial score (nSPS) is 14.2. The number of esters is 1. The molecular weight excluding hydrogens is 558 g/mol. The fourth-order valence-corrected chi connectivity index (χ4v) is 4.52. The van der Waals surface area contributed by atoms with E-state index >= 15 is 0 Å². The lowest BCUT2D eigenvalue weighted by Crippen LogP contribution is -2.56. The van der Waals surface area contributed by atoms with E-state index in [0.717, 1.165) is 5.56 Å². The summed E-state index contributed by atoms with van der Waals surface area (Å²) in [6.45, 7) is 15.6. The third-order valence-electron chi connectivity index (χ3n) is 6.65. The van der Waals surface area contributed by atoms with Gasteiger partial charge in [-0.15, -0.1) is 6.42 Å². The van der Waals surface area contributed by atoms with Crippen LogP contribution in [0, 0.1) is 12.3 Å². The summed E-state index contributed by atoms with van der Waals surface area (Å²) in [5.74, 6) is 0.873. The lowest BCUT2D eigenvalue weighted by Gasteiger charge is -2.38. The van der Waals surface area contributed by atoms with E-state index in [-0.39, 0.29) is 6.42 Å². The van der Waals surface area contributed by atoms with Crippen molar-refractivity contribution in [2.24, 2.45) is 0 Å². The highest BCUT2D eigenvalue weighted by molar-refractivity contribution is 5.94. The van der Waals surface area contributed by atoms with Gasteiger partial charge in [-0.3, -0.25) is 9.59 Å². The molecule has 0 spiro atoms. The molecule has 0 aliphatic carbocycles. The molecule has 0 saturated heterocycles. The average Bonchev–Trinajstić information content (AvgIpc) is 2.93. The summed E-state index contributed by atoms with van der Waals surface area (Å²) in [4.78, 5) is 55.9. The highest BCUT2D eigenvalue weighted by atomic mass is 16.6. The molecule has 238 valence electrons. The number of carbonyl (C=O) groups is 4. The highest BCUT2D eigenvalue weighted by Crippen LogP contribution is 2.29. The molecule has 3 amide bonds. The van der Waals surface area contributed by atoms with E-state index in [1.165, 1.54) is 11.8 Å². The van der Waals surface area contributed by atoms with E-state index in [1.54, 1.807) is 65.8 Å². The summed E-state index contributed by atoms with van der Waals surface area (Å²) in [6, 6.07) is 12.3. The number of amides is 3. The Balaban J connectivity index is 2.60. The summed E-state index contributed by atoms with van der Waals surface area (Å²) in [6.07, 6.45) is 5.74. The second-order valence-corrected chi connectivity index (χ2v) is 12.8. The minimum Gasteiger partial charge on any atom is -0.458 e. The number of nitrogens with one attached hydrogen (secondary N) is 2. The van der Waals surface area contributed by atoms with Gasteiger partial charge in [-0.1, -0.05) is 61.4 Å². The van der Waals surface area contributed by atoms with Gasteiger partial charge >= 0.3 is 12.1 Å². The second-order valence-electron chi connectivity index (χ2n) is 12.8. The summed E-state index contributed by atoms with van der Waals surface area (Å²) in [5, 5.41) is 5.46. The maximum atomic E-state index is 14.4. The molecule has 2 aromatic rings. The van der Waals surface area contributed by atoms with Gasteiger partial charge in [-0.05, 0) is 79.0 Å². The van der Waals surface area contributed by atoms with Crippen LogP contribution in [0.25, 0.3) is 0 Å². The molecular formula is C35H47N3O6.